The van der Waals surface area contributed by atoms with Gasteiger partial charge in [-0.3, -0.25) is 4.79 Å². The van der Waals surface area contributed by atoms with Gasteiger partial charge >= 0.3 is 0 Å². The highest BCUT2D eigenvalue weighted by atomic mass is 32.1. The molecule has 0 aliphatic rings. The van der Waals surface area contributed by atoms with E-state index in [2.05, 4.69) is 37.9 Å². The van der Waals surface area contributed by atoms with Crippen molar-refractivity contribution in [2.75, 3.05) is 13.1 Å². The van der Waals surface area contributed by atoms with E-state index < -0.39 is 0 Å². The first-order chi connectivity index (χ1) is 8.42. The van der Waals surface area contributed by atoms with Crippen LogP contribution in [0.4, 0.5) is 0 Å². The minimum absolute atomic E-state index is 0.0312. The van der Waals surface area contributed by atoms with Gasteiger partial charge in [0, 0.05) is 11.9 Å². The van der Waals surface area contributed by atoms with Crippen molar-refractivity contribution in [2.24, 2.45) is 11.1 Å². The van der Waals surface area contributed by atoms with Crippen LogP contribution >= 0.6 is 11.3 Å². The zero-order valence-electron chi connectivity index (χ0n) is 11.2. The summed E-state index contributed by atoms with van der Waals surface area (Å²) in [5, 5.41) is 4.75. The molecule has 3 N–H and O–H groups in total. The van der Waals surface area contributed by atoms with Crippen LogP contribution in [0.1, 0.15) is 42.4 Å². The predicted octanol–water partition coefficient (Wildman–Crippen LogP) is 2.22. The Bertz CT molecular complexity index is 460. The van der Waals surface area contributed by atoms with Gasteiger partial charge in [-0.05, 0) is 17.9 Å². The lowest BCUT2D eigenvalue weighted by Crippen LogP contribution is -2.26. The van der Waals surface area contributed by atoms with Crippen LogP contribution in [0.15, 0.2) is 11.4 Å². The van der Waals surface area contributed by atoms with E-state index in [9.17, 15) is 4.79 Å². The van der Waals surface area contributed by atoms with Crippen molar-refractivity contribution in [3.05, 3.63) is 21.9 Å². The summed E-state index contributed by atoms with van der Waals surface area (Å²) in [6, 6.07) is 1.81. The molecule has 1 rings (SSSR count). The second kappa shape index (κ2) is 6.58. The van der Waals surface area contributed by atoms with Crippen LogP contribution in [0.5, 0.6) is 0 Å². The smallest absolute Gasteiger partial charge is 0.252 e. The Hall–Kier alpha value is -1.31. The van der Waals surface area contributed by atoms with Gasteiger partial charge in [0.05, 0.1) is 17.0 Å². The van der Waals surface area contributed by atoms with Crippen LogP contribution in [-0.4, -0.2) is 19.0 Å². The molecule has 0 aliphatic heterocycles. The van der Waals surface area contributed by atoms with E-state index in [0.717, 1.165) is 11.3 Å². The average Bonchev–Trinajstić information content (AvgIpc) is 2.73. The molecule has 3 nitrogen and oxygen atoms in total. The molecule has 0 radical (unpaired) electrons. The third-order valence-electron chi connectivity index (χ3n) is 2.34. The zero-order valence-corrected chi connectivity index (χ0v) is 12.0. The van der Waals surface area contributed by atoms with Gasteiger partial charge in [0.15, 0.2) is 0 Å². The Balaban J connectivity index is 2.49. The van der Waals surface area contributed by atoms with E-state index in [0.29, 0.717) is 18.7 Å². The van der Waals surface area contributed by atoms with Gasteiger partial charge in [-0.15, -0.1) is 11.3 Å². The third-order valence-corrected chi connectivity index (χ3v) is 3.18. The van der Waals surface area contributed by atoms with E-state index >= 15 is 0 Å². The largest absolute Gasteiger partial charge is 0.352 e. The first kappa shape index (κ1) is 14.7. The fourth-order valence-electron chi connectivity index (χ4n) is 1.31. The molecular weight excluding hydrogens is 244 g/mol. The Labute approximate surface area is 113 Å². The fraction of sp³-hybridized carbons (Fsp3) is 0.500. The Morgan fingerprint density at radius 3 is 2.83 bits per heavy atom. The molecule has 0 unspecified atom stereocenters. The number of thiophene rings is 1. The summed E-state index contributed by atoms with van der Waals surface area (Å²) in [6.07, 6.45) is 0.961. The molecule has 0 spiro atoms. The van der Waals surface area contributed by atoms with Crippen molar-refractivity contribution in [1.82, 2.24) is 5.32 Å². The standard InChI is InChI=1S/C14H20N2OS/c1-14(2,3)6-8-16-13(17)11-9-12(18-10-11)5-4-7-15/h9-10H,6-8,15H2,1-3H3,(H,16,17). The predicted molar refractivity (Wildman–Crippen MR) is 76.7 cm³/mol. The summed E-state index contributed by atoms with van der Waals surface area (Å²) in [5.41, 5.74) is 6.21. The Morgan fingerprint density at radius 2 is 2.22 bits per heavy atom. The Morgan fingerprint density at radius 1 is 1.50 bits per heavy atom. The number of nitrogens with one attached hydrogen (secondary N) is 1. The van der Waals surface area contributed by atoms with Crippen LogP contribution < -0.4 is 11.1 Å². The minimum Gasteiger partial charge on any atom is -0.352 e. The minimum atomic E-state index is -0.0312. The zero-order chi connectivity index (χ0) is 13.6. The Kier molecular flexibility index (Phi) is 5.39. The van der Waals surface area contributed by atoms with E-state index in [1.807, 2.05) is 5.38 Å². The number of amides is 1. The maximum atomic E-state index is 11.8. The maximum Gasteiger partial charge on any atom is 0.252 e. The summed E-state index contributed by atoms with van der Waals surface area (Å²) < 4.78 is 0. The molecule has 0 atom stereocenters. The summed E-state index contributed by atoms with van der Waals surface area (Å²) in [6.45, 7) is 7.51. The number of hydrogen-bond donors (Lipinski definition) is 2. The molecule has 0 saturated heterocycles. The molecule has 1 aromatic heterocycles. The molecule has 18 heavy (non-hydrogen) atoms. The number of hydrogen-bond acceptors (Lipinski definition) is 3. The van der Waals surface area contributed by atoms with Gasteiger partial charge in [-0.1, -0.05) is 32.6 Å². The van der Waals surface area contributed by atoms with Crippen molar-refractivity contribution in [1.29, 1.82) is 0 Å². The van der Waals surface area contributed by atoms with Gasteiger partial charge in [0.25, 0.3) is 5.91 Å². The van der Waals surface area contributed by atoms with Gasteiger partial charge in [-0.2, -0.15) is 0 Å². The number of carbonyl (C=O) groups excluding carboxylic acids is 1. The van der Waals surface area contributed by atoms with Gasteiger partial charge in [-0.25, -0.2) is 0 Å². The first-order valence-corrected chi connectivity index (χ1v) is 6.86. The van der Waals surface area contributed by atoms with Crippen LogP contribution in [0, 0.1) is 17.3 Å². The SMILES string of the molecule is CC(C)(C)CCNC(=O)c1csc(C#CCN)c1. The van der Waals surface area contributed by atoms with Crippen molar-refractivity contribution in [2.45, 2.75) is 27.2 Å². The van der Waals surface area contributed by atoms with Crippen molar-refractivity contribution in [3.8, 4) is 11.8 Å². The normalized spacial score (nSPS) is 10.7. The van der Waals surface area contributed by atoms with Crippen molar-refractivity contribution in [3.63, 3.8) is 0 Å². The lowest BCUT2D eigenvalue weighted by atomic mass is 9.92. The first-order valence-electron chi connectivity index (χ1n) is 5.98. The summed E-state index contributed by atoms with van der Waals surface area (Å²) in [5.74, 6) is 5.67. The molecule has 0 bridgehead atoms. The van der Waals surface area contributed by atoms with E-state index in [1.165, 1.54) is 11.3 Å². The molecule has 98 valence electrons. The molecule has 0 aliphatic carbocycles. The van der Waals surface area contributed by atoms with E-state index in [4.69, 9.17) is 5.73 Å². The molecule has 1 heterocycles. The maximum absolute atomic E-state index is 11.8. The molecular formula is C14H20N2OS. The summed E-state index contributed by atoms with van der Waals surface area (Å²) >= 11 is 1.47. The lowest BCUT2D eigenvalue weighted by Gasteiger charge is -2.17. The lowest BCUT2D eigenvalue weighted by molar-refractivity contribution is 0.0950. The van der Waals surface area contributed by atoms with E-state index in [1.54, 1.807) is 6.07 Å². The summed E-state index contributed by atoms with van der Waals surface area (Å²) in [4.78, 5) is 12.7. The fourth-order valence-corrected chi connectivity index (χ4v) is 2.07. The molecule has 0 fully saturated rings. The third kappa shape index (κ3) is 5.35. The number of rotatable bonds is 3. The molecule has 4 heteroatoms. The highest BCUT2D eigenvalue weighted by Crippen LogP contribution is 2.17. The molecule has 0 saturated carbocycles. The van der Waals surface area contributed by atoms with Crippen LogP contribution in [0.3, 0.4) is 0 Å². The monoisotopic (exact) mass is 264 g/mol. The number of nitrogens with two attached hydrogens (primary N) is 1. The second-order valence-corrected chi connectivity index (χ2v) is 6.18. The second-order valence-electron chi connectivity index (χ2n) is 5.27. The van der Waals surface area contributed by atoms with Gasteiger partial charge in [0.2, 0.25) is 0 Å². The summed E-state index contributed by atoms with van der Waals surface area (Å²) in [7, 11) is 0. The number of carbonyl (C=O) groups is 1. The quantitative estimate of drug-likeness (QED) is 0.823. The van der Waals surface area contributed by atoms with E-state index in [-0.39, 0.29) is 11.3 Å². The van der Waals surface area contributed by atoms with Crippen LogP contribution in [-0.2, 0) is 0 Å². The average molecular weight is 264 g/mol. The van der Waals surface area contributed by atoms with Crippen molar-refractivity contribution < 1.29 is 4.79 Å². The van der Waals surface area contributed by atoms with Gasteiger partial charge in [0.1, 0.15) is 0 Å². The topological polar surface area (TPSA) is 55.1 Å². The van der Waals surface area contributed by atoms with Crippen LogP contribution in [0.2, 0.25) is 0 Å². The van der Waals surface area contributed by atoms with Crippen LogP contribution in [0.25, 0.3) is 0 Å². The van der Waals surface area contributed by atoms with Gasteiger partial charge < -0.3 is 11.1 Å². The molecule has 1 amide bonds. The molecule has 1 aromatic rings. The highest BCUT2D eigenvalue weighted by Gasteiger charge is 2.12. The van der Waals surface area contributed by atoms with Crippen molar-refractivity contribution >= 4 is 17.2 Å². The highest BCUT2D eigenvalue weighted by molar-refractivity contribution is 7.10. The molecule has 0 aromatic carbocycles.